The minimum atomic E-state index is 0.577. The summed E-state index contributed by atoms with van der Waals surface area (Å²) in [5, 5.41) is 0. The molecule has 0 saturated heterocycles. The third-order valence-corrected chi connectivity index (χ3v) is 3.26. The van der Waals surface area contributed by atoms with Gasteiger partial charge < -0.3 is 23.7 Å². The molecule has 0 aliphatic rings. The molecule has 1 rings (SSSR count). The summed E-state index contributed by atoms with van der Waals surface area (Å²) in [5.41, 5.74) is 1.18. The van der Waals surface area contributed by atoms with Gasteiger partial charge in [-0.1, -0.05) is 52.9 Å². The molecule has 0 fully saturated rings. The lowest BCUT2D eigenvalue weighted by Crippen LogP contribution is -2.13. The van der Waals surface area contributed by atoms with Crippen molar-refractivity contribution in [2.24, 2.45) is 0 Å². The molecule has 0 heterocycles. The molecule has 0 amide bonds. The molecular weight excluding hydrogens is 411 g/mol. The highest BCUT2D eigenvalue weighted by Gasteiger charge is 1.94. The third kappa shape index (κ3) is 13.8. The highest BCUT2D eigenvalue weighted by molar-refractivity contribution is 14.1. The van der Waals surface area contributed by atoms with E-state index in [1.165, 1.54) is 5.56 Å². The number of hydrogen-bond acceptors (Lipinski definition) is 5. The molecule has 0 unspecified atom stereocenters. The van der Waals surface area contributed by atoms with Gasteiger partial charge in [0.05, 0.1) is 66.1 Å². The predicted octanol–water partition coefficient (Wildman–Crippen LogP) is 2.70. The van der Waals surface area contributed by atoms with Crippen LogP contribution >= 0.6 is 22.6 Å². The zero-order valence-corrected chi connectivity index (χ0v) is 15.7. The molecule has 6 heteroatoms. The normalized spacial score (nSPS) is 11.0. The first-order valence-electron chi connectivity index (χ1n) is 7.92. The fraction of sp³-hybridized carbons (Fsp3) is 0.647. The van der Waals surface area contributed by atoms with E-state index in [1.54, 1.807) is 0 Å². The lowest BCUT2D eigenvalue weighted by molar-refractivity contribution is -0.0115. The van der Waals surface area contributed by atoms with Crippen molar-refractivity contribution in [3.05, 3.63) is 35.9 Å². The van der Waals surface area contributed by atoms with E-state index >= 15 is 0 Å². The molecule has 1 aromatic rings. The van der Waals surface area contributed by atoms with Crippen molar-refractivity contribution in [2.45, 2.75) is 6.61 Å². The van der Waals surface area contributed by atoms with Gasteiger partial charge in [0, 0.05) is 4.43 Å². The lowest BCUT2D eigenvalue weighted by Gasteiger charge is -2.07. The van der Waals surface area contributed by atoms with Gasteiger partial charge in [-0.3, -0.25) is 0 Å². The van der Waals surface area contributed by atoms with Crippen LogP contribution in [-0.4, -0.2) is 63.9 Å². The van der Waals surface area contributed by atoms with Gasteiger partial charge in [0.1, 0.15) is 0 Å². The Balaban J connectivity index is 1.72. The zero-order chi connectivity index (χ0) is 16.4. The highest BCUT2D eigenvalue weighted by atomic mass is 127. The van der Waals surface area contributed by atoms with Gasteiger partial charge in [0.15, 0.2) is 0 Å². The van der Waals surface area contributed by atoms with Crippen LogP contribution in [0, 0.1) is 0 Å². The Morgan fingerprint density at radius 3 is 1.48 bits per heavy atom. The lowest BCUT2D eigenvalue weighted by atomic mass is 10.2. The van der Waals surface area contributed by atoms with Gasteiger partial charge in [-0.2, -0.15) is 0 Å². The van der Waals surface area contributed by atoms with Gasteiger partial charge in [0.25, 0.3) is 0 Å². The van der Waals surface area contributed by atoms with E-state index in [0.29, 0.717) is 59.5 Å². The molecule has 132 valence electrons. The summed E-state index contributed by atoms with van der Waals surface area (Å²) in [7, 11) is 0. The van der Waals surface area contributed by atoms with Crippen molar-refractivity contribution in [3.8, 4) is 0 Å². The summed E-state index contributed by atoms with van der Waals surface area (Å²) < 4.78 is 28.0. The molecule has 0 atom stereocenters. The number of halogens is 1. The Morgan fingerprint density at radius 2 is 1.00 bits per heavy atom. The van der Waals surface area contributed by atoms with E-state index < -0.39 is 0 Å². The van der Waals surface area contributed by atoms with Gasteiger partial charge in [-0.25, -0.2) is 0 Å². The second-order valence-corrected chi connectivity index (χ2v) is 5.76. The monoisotopic (exact) mass is 438 g/mol. The van der Waals surface area contributed by atoms with Crippen LogP contribution < -0.4 is 0 Å². The number of ether oxygens (including phenoxy) is 5. The first kappa shape index (κ1) is 20.8. The van der Waals surface area contributed by atoms with Crippen LogP contribution in [0.4, 0.5) is 0 Å². The molecule has 0 spiro atoms. The molecule has 0 bridgehead atoms. The maximum Gasteiger partial charge on any atom is 0.0718 e. The number of alkyl halides is 1. The molecule has 0 N–H and O–H groups in total. The fourth-order valence-electron chi connectivity index (χ4n) is 1.70. The van der Waals surface area contributed by atoms with E-state index in [4.69, 9.17) is 23.7 Å². The number of benzene rings is 1. The van der Waals surface area contributed by atoms with Crippen molar-refractivity contribution in [2.75, 3.05) is 63.9 Å². The molecule has 5 nitrogen and oxygen atoms in total. The number of hydrogen-bond donors (Lipinski definition) is 0. The smallest absolute Gasteiger partial charge is 0.0718 e. The number of rotatable bonds is 16. The van der Waals surface area contributed by atoms with E-state index in [1.807, 2.05) is 30.3 Å². The second kappa shape index (κ2) is 16.6. The summed E-state index contributed by atoms with van der Waals surface area (Å²) >= 11 is 2.28. The molecule has 0 aliphatic heterocycles. The largest absolute Gasteiger partial charge is 0.378 e. The van der Waals surface area contributed by atoms with Crippen LogP contribution in [0.2, 0.25) is 0 Å². The second-order valence-electron chi connectivity index (χ2n) is 4.68. The maximum atomic E-state index is 5.52. The predicted molar refractivity (Wildman–Crippen MR) is 98.3 cm³/mol. The Kier molecular flexibility index (Phi) is 15.0. The van der Waals surface area contributed by atoms with Crippen LogP contribution in [0.3, 0.4) is 0 Å². The minimum Gasteiger partial charge on any atom is -0.378 e. The van der Waals surface area contributed by atoms with Gasteiger partial charge in [0.2, 0.25) is 0 Å². The standard InChI is InChI=1S/C17H27IO5/c18-6-7-19-8-9-20-10-11-21-12-13-22-14-15-23-16-17-4-2-1-3-5-17/h1-5H,6-16H2. The van der Waals surface area contributed by atoms with E-state index in [-0.39, 0.29) is 0 Å². The summed E-state index contributed by atoms with van der Waals surface area (Å²) in [4.78, 5) is 0. The quantitative estimate of drug-likeness (QED) is 0.226. The van der Waals surface area contributed by atoms with Crippen LogP contribution in [0.5, 0.6) is 0 Å². The van der Waals surface area contributed by atoms with Crippen molar-refractivity contribution >= 4 is 22.6 Å². The molecular formula is C17H27IO5. The van der Waals surface area contributed by atoms with Crippen molar-refractivity contribution in [1.29, 1.82) is 0 Å². The molecule has 23 heavy (non-hydrogen) atoms. The molecule has 0 aromatic heterocycles. The molecule has 0 radical (unpaired) electrons. The fourth-order valence-corrected chi connectivity index (χ4v) is 2.01. The molecule has 1 aromatic carbocycles. The summed E-state index contributed by atoms with van der Waals surface area (Å²) in [6, 6.07) is 10.1. The van der Waals surface area contributed by atoms with Crippen molar-refractivity contribution in [1.82, 2.24) is 0 Å². The first-order valence-corrected chi connectivity index (χ1v) is 9.44. The summed E-state index contributed by atoms with van der Waals surface area (Å²) in [5.74, 6) is 0. The van der Waals surface area contributed by atoms with Crippen molar-refractivity contribution in [3.63, 3.8) is 0 Å². The van der Waals surface area contributed by atoms with Crippen molar-refractivity contribution < 1.29 is 23.7 Å². The third-order valence-electron chi connectivity index (χ3n) is 2.82. The Labute approximate surface area is 152 Å². The van der Waals surface area contributed by atoms with E-state index in [9.17, 15) is 0 Å². The maximum absolute atomic E-state index is 5.52. The highest BCUT2D eigenvalue weighted by Crippen LogP contribution is 1.99. The van der Waals surface area contributed by atoms with Crippen LogP contribution in [0.25, 0.3) is 0 Å². The van der Waals surface area contributed by atoms with Crippen LogP contribution in [-0.2, 0) is 30.3 Å². The summed E-state index contributed by atoms with van der Waals surface area (Å²) in [6.07, 6.45) is 0. The van der Waals surface area contributed by atoms with Crippen LogP contribution in [0.15, 0.2) is 30.3 Å². The Hall–Kier alpha value is -0.250. The van der Waals surface area contributed by atoms with Crippen LogP contribution in [0.1, 0.15) is 5.56 Å². The average molecular weight is 438 g/mol. The SMILES string of the molecule is ICCOCCOCCOCCOCCOCc1ccccc1. The van der Waals surface area contributed by atoms with E-state index in [2.05, 4.69) is 22.6 Å². The first-order chi connectivity index (χ1) is 11.4. The van der Waals surface area contributed by atoms with Gasteiger partial charge in [-0.05, 0) is 5.56 Å². The topological polar surface area (TPSA) is 46.2 Å². The van der Waals surface area contributed by atoms with Gasteiger partial charge >= 0.3 is 0 Å². The minimum absolute atomic E-state index is 0.577. The van der Waals surface area contributed by atoms with Gasteiger partial charge in [-0.15, -0.1) is 0 Å². The molecule has 0 aliphatic carbocycles. The summed E-state index contributed by atoms with van der Waals surface area (Å²) in [6.45, 7) is 6.18. The Morgan fingerprint density at radius 1 is 0.565 bits per heavy atom. The Bertz CT molecular complexity index is 350. The van der Waals surface area contributed by atoms with E-state index in [0.717, 1.165) is 11.0 Å². The average Bonchev–Trinajstić information content (AvgIpc) is 2.59. The zero-order valence-electron chi connectivity index (χ0n) is 13.6. The molecule has 0 saturated carbocycles.